The Morgan fingerprint density at radius 2 is 1.41 bits per heavy atom. The van der Waals surface area contributed by atoms with Gasteiger partial charge >= 0.3 is 0 Å². The predicted molar refractivity (Wildman–Crippen MR) is 114 cm³/mol. The van der Waals surface area contributed by atoms with E-state index in [1.165, 1.54) is 5.56 Å². The number of amides is 2. The number of rotatable bonds is 6. The van der Waals surface area contributed by atoms with Gasteiger partial charge in [-0.15, -0.1) is 0 Å². The number of hydrogen-bond donors (Lipinski definition) is 2. The van der Waals surface area contributed by atoms with E-state index in [2.05, 4.69) is 29.5 Å². The molecule has 148 valence electrons. The third-order valence-corrected chi connectivity index (χ3v) is 4.38. The Bertz CT molecular complexity index is 1010. The Labute approximate surface area is 169 Å². The zero-order valence-electron chi connectivity index (χ0n) is 16.6. The average molecular weight is 389 g/mol. The van der Waals surface area contributed by atoms with E-state index in [9.17, 15) is 9.59 Å². The lowest BCUT2D eigenvalue weighted by atomic mass is 10.0. The van der Waals surface area contributed by atoms with Crippen LogP contribution < -0.4 is 15.4 Å². The van der Waals surface area contributed by atoms with Gasteiger partial charge in [-0.1, -0.05) is 38.1 Å². The minimum atomic E-state index is -0.408. The number of methoxy groups -OCH3 is 1. The minimum absolute atomic E-state index is 0.149. The van der Waals surface area contributed by atoms with Gasteiger partial charge in [0, 0.05) is 17.4 Å². The molecule has 0 aliphatic heterocycles. The molecule has 0 spiro atoms. The maximum Gasteiger partial charge on any atom is 0.274 e. The smallest absolute Gasteiger partial charge is 0.274 e. The lowest BCUT2D eigenvalue weighted by Crippen LogP contribution is -2.18. The summed E-state index contributed by atoms with van der Waals surface area (Å²) in [5.41, 5.74) is 2.76. The number of aromatic nitrogens is 1. The minimum Gasteiger partial charge on any atom is -0.497 e. The van der Waals surface area contributed by atoms with Gasteiger partial charge in [-0.25, -0.2) is 4.98 Å². The van der Waals surface area contributed by atoms with Crippen molar-refractivity contribution in [3.63, 3.8) is 0 Å². The highest BCUT2D eigenvalue weighted by atomic mass is 16.5. The highest BCUT2D eigenvalue weighted by Gasteiger charge is 2.13. The number of nitrogens with one attached hydrogen (secondary N) is 2. The van der Waals surface area contributed by atoms with Crippen LogP contribution in [-0.2, 0) is 0 Å². The van der Waals surface area contributed by atoms with E-state index in [0.717, 1.165) is 0 Å². The molecule has 2 N–H and O–H groups in total. The molecule has 3 rings (SSSR count). The molecule has 0 unspecified atom stereocenters. The fourth-order valence-electron chi connectivity index (χ4n) is 2.73. The van der Waals surface area contributed by atoms with E-state index in [1.54, 1.807) is 49.6 Å². The molecular formula is C23H23N3O3. The Morgan fingerprint density at radius 3 is 2.00 bits per heavy atom. The molecule has 1 heterocycles. The third kappa shape index (κ3) is 5.19. The summed E-state index contributed by atoms with van der Waals surface area (Å²) >= 11 is 0. The lowest BCUT2D eigenvalue weighted by Gasteiger charge is -2.09. The van der Waals surface area contributed by atoms with Crippen LogP contribution in [0.5, 0.6) is 5.75 Å². The SMILES string of the molecule is COc1cccc(NC(=O)c2cccc(C(=O)Nc3ccc(C(C)C)cc3)n2)c1. The van der Waals surface area contributed by atoms with Crippen molar-refractivity contribution in [3.05, 3.63) is 83.7 Å². The van der Waals surface area contributed by atoms with Crippen LogP contribution >= 0.6 is 0 Å². The summed E-state index contributed by atoms with van der Waals surface area (Å²) in [6, 6.07) is 19.4. The highest BCUT2D eigenvalue weighted by molar-refractivity contribution is 6.06. The standard InChI is InChI=1S/C23H23N3O3/c1-15(2)16-10-12-17(13-11-16)24-22(27)20-8-5-9-21(26-20)23(28)25-18-6-4-7-19(14-18)29-3/h4-15H,1-3H3,(H,24,27)(H,25,28). The van der Waals surface area contributed by atoms with Gasteiger partial charge in [0.25, 0.3) is 11.8 Å². The molecule has 0 aliphatic rings. The summed E-state index contributed by atoms with van der Waals surface area (Å²) in [6.45, 7) is 4.22. The van der Waals surface area contributed by atoms with Crippen LogP contribution in [0.2, 0.25) is 0 Å². The van der Waals surface area contributed by atoms with Crippen LogP contribution in [0.4, 0.5) is 11.4 Å². The fourth-order valence-corrected chi connectivity index (χ4v) is 2.73. The number of hydrogen-bond acceptors (Lipinski definition) is 4. The number of carbonyl (C=O) groups is 2. The zero-order valence-corrected chi connectivity index (χ0v) is 16.6. The molecule has 0 bridgehead atoms. The second-order valence-electron chi connectivity index (χ2n) is 6.82. The monoisotopic (exact) mass is 389 g/mol. The normalized spacial score (nSPS) is 10.5. The van der Waals surface area contributed by atoms with E-state index in [-0.39, 0.29) is 17.3 Å². The molecular weight excluding hydrogens is 366 g/mol. The van der Waals surface area contributed by atoms with Gasteiger partial charge in [-0.05, 0) is 47.9 Å². The first-order valence-corrected chi connectivity index (χ1v) is 9.30. The van der Waals surface area contributed by atoms with Gasteiger partial charge in [-0.3, -0.25) is 9.59 Å². The molecule has 6 nitrogen and oxygen atoms in total. The summed E-state index contributed by atoms with van der Waals surface area (Å²) in [5, 5.41) is 5.56. The molecule has 0 fully saturated rings. The first-order chi connectivity index (χ1) is 14.0. The number of anilines is 2. The Morgan fingerprint density at radius 1 is 0.828 bits per heavy atom. The maximum absolute atomic E-state index is 12.5. The first-order valence-electron chi connectivity index (χ1n) is 9.30. The third-order valence-electron chi connectivity index (χ3n) is 4.38. The van der Waals surface area contributed by atoms with Crippen LogP contribution in [-0.4, -0.2) is 23.9 Å². The molecule has 0 saturated heterocycles. The summed E-state index contributed by atoms with van der Waals surface area (Å²) < 4.78 is 5.15. The number of nitrogens with zero attached hydrogens (tertiary/aromatic N) is 1. The van der Waals surface area contributed by atoms with E-state index in [1.807, 2.05) is 24.3 Å². The van der Waals surface area contributed by atoms with E-state index < -0.39 is 5.91 Å². The molecule has 3 aromatic rings. The van der Waals surface area contributed by atoms with Crippen molar-refractivity contribution in [3.8, 4) is 5.75 Å². The molecule has 0 saturated carbocycles. The average Bonchev–Trinajstić information content (AvgIpc) is 2.74. The molecule has 0 aliphatic carbocycles. The molecule has 2 amide bonds. The molecule has 29 heavy (non-hydrogen) atoms. The van der Waals surface area contributed by atoms with Gasteiger partial charge in [0.1, 0.15) is 17.1 Å². The fraction of sp³-hybridized carbons (Fsp3) is 0.174. The Balaban J connectivity index is 1.70. The number of carbonyl (C=O) groups excluding carboxylic acids is 2. The zero-order chi connectivity index (χ0) is 20.8. The summed E-state index contributed by atoms with van der Waals surface area (Å²) in [6.07, 6.45) is 0. The van der Waals surface area contributed by atoms with Gasteiger partial charge in [0.05, 0.1) is 7.11 Å². The van der Waals surface area contributed by atoms with E-state index >= 15 is 0 Å². The van der Waals surface area contributed by atoms with Crippen molar-refractivity contribution in [2.75, 3.05) is 17.7 Å². The molecule has 0 radical (unpaired) electrons. The van der Waals surface area contributed by atoms with Crippen LogP contribution in [0.25, 0.3) is 0 Å². The maximum atomic E-state index is 12.5. The van der Waals surface area contributed by atoms with Crippen LogP contribution in [0.1, 0.15) is 46.3 Å². The Kier molecular flexibility index (Phi) is 6.24. The van der Waals surface area contributed by atoms with Crippen LogP contribution in [0.3, 0.4) is 0 Å². The van der Waals surface area contributed by atoms with Crippen molar-refractivity contribution in [1.29, 1.82) is 0 Å². The van der Waals surface area contributed by atoms with Gasteiger partial charge < -0.3 is 15.4 Å². The van der Waals surface area contributed by atoms with Crippen LogP contribution in [0, 0.1) is 0 Å². The highest BCUT2D eigenvalue weighted by Crippen LogP contribution is 2.19. The van der Waals surface area contributed by atoms with Crippen molar-refractivity contribution in [2.24, 2.45) is 0 Å². The topological polar surface area (TPSA) is 80.3 Å². The van der Waals surface area contributed by atoms with E-state index in [0.29, 0.717) is 23.0 Å². The van der Waals surface area contributed by atoms with Gasteiger partial charge in [0.15, 0.2) is 0 Å². The number of pyridine rings is 1. The largest absolute Gasteiger partial charge is 0.497 e. The van der Waals surface area contributed by atoms with Crippen molar-refractivity contribution in [2.45, 2.75) is 19.8 Å². The predicted octanol–water partition coefficient (Wildman–Crippen LogP) is 4.72. The quantitative estimate of drug-likeness (QED) is 0.639. The van der Waals surface area contributed by atoms with Crippen molar-refractivity contribution in [1.82, 2.24) is 4.98 Å². The van der Waals surface area contributed by atoms with Crippen molar-refractivity contribution >= 4 is 23.2 Å². The number of ether oxygens (including phenoxy) is 1. The van der Waals surface area contributed by atoms with E-state index in [4.69, 9.17) is 4.74 Å². The summed E-state index contributed by atoms with van der Waals surface area (Å²) in [5.74, 6) is 0.265. The first kappa shape index (κ1) is 20.1. The lowest BCUT2D eigenvalue weighted by molar-refractivity contribution is 0.101. The summed E-state index contributed by atoms with van der Waals surface area (Å²) in [7, 11) is 1.56. The molecule has 2 aromatic carbocycles. The summed E-state index contributed by atoms with van der Waals surface area (Å²) in [4.78, 5) is 29.2. The molecule has 6 heteroatoms. The second kappa shape index (κ2) is 9.01. The van der Waals surface area contributed by atoms with Gasteiger partial charge in [-0.2, -0.15) is 0 Å². The number of benzene rings is 2. The Hall–Kier alpha value is -3.67. The second-order valence-corrected chi connectivity index (χ2v) is 6.82. The molecule has 0 atom stereocenters. The van der Waals surface area contributed by atoms with Gasteiger partial charge in [0.2, 0.25) is 0 Å². The van der Waals surface area contributed by atoms with Crippen LogP contribution in [0.15, 0.2) is 66.7 Å². The molecule has 1 aromatic heterocycles. The van der Waals surface area contributed by atoms with Crippen molar-refractivity contribution < 1.29 is 14.3 Å².